The van der Waals surface area contributed by atoms with Gasteiger partial charge in [0.15, 0.2) is 26.9 Å². The van der Waals surface area contributed by atoms with E-state index < -0.39 is 0 Å². The SMILES string of the molecule is CN1C=CN(c2[c-]c3c(nc2)Sc2c4c5c(c6c2B3c2[c-]c(-n3cccn3)cnc2S6)Sc2ncc(-n3cccn3)[c-]c2B5c2[c-]c(N3C=CN(C)[CH-]3)cnc2S4)[CH-]1.Cc1cc(C)n(-c2[c-]c3c(nc2)Sc2c4c5c(c6c2B3c2[c-]c(N3C=CN(C)[CH-]3)cnc2S6)Sc2ncc(N3C=CN(C)[CH-]3)[c-]c2B5c2[c-]c(-n3nc(C)cc3C)cnc2S4)n1.[Pt].[Pt].[Pt].[Pt]. The minimum absolute atomic E-state index is 0. The van der Waals surface area contributed by atoms with Gasteiger partial charge in [0, 0.05) is 160 Å². The smallest absolute Gasteiger partial charge is 0.199 e. The van der Waals surface area contributed by atoms with E-state index in [0.29, 0.717) is 0 Å². The van der Waals surface area contributed by atoms with E-state index in [2.05, 4.69) is 104 Å². The standard InChI is InChI=1S/C44H30B2N12S4.C40H22B2N12S4.4Pt/c1-23-11-25(3)57(51-23)29-15-33-43(49-19-29)61-39-35-37(59-41-31(45(33)35)13-27(17-47-41)55-9-7-53(5)21-55)38-36-40(39)62-44-34(16-30(20-50-44)58-26(4)12-24(2)52-58)46(36)32-14-28(18-48-42(32)60-38)56-10-8-54(6)22-56;1-49-9-11-51(21-49)23-13-27-37(43-17-23)55-33-31-35(57-39-29(41(27)31)15-25(19-45-39)53-7-3-5-47-53)36-32-34(33)56-38-28(14-24(18-44-38)52-12-10-50(2)22-52)42(32)30-16-26(20-46-40(30)58-36)54-8-4-6-48-54;;;;/h7-12,17-22H,1-6H3;3-12,17-22H,1-2H3;;;;/q2*-6;;;;. The molecule has 0 bridgehead atoms. The molecule has 0 aliphatic carbocycles. The second-order valence-electron chi connectivity index (χ2n) is 30.3. The van der Waals surface area contributed by atoms with Crippen LogP contribution in [0.25, 0.3) is 22.7 Å². The average Bonchev–Trinajstić information content (AvgIpc) is 0.854. The van der Waals surface area contributed by atoms with Gasteiger partial charge < -0.3 is 79.1 Å². The molecule has 0 radical (unpaired) electrons. The van der Waals surface area contributed by atoms with Crippen molar-refractivity contribution in [1.82, 2.24) is 98.6 Å². The molecule has 24 nitrogen and oxygen atoms in total. The Morgan fingerprint density at radius 1 is 0.290 bits per heavy atom. The van der Waals surface area contributed by atoms with E-state index in [9.17, 15) is 0 Å². The van der Waals surface area contributed by atoms with Crippen molar-refractivity contribution in [2.24, 2.45) is 0 Å². The molecule has 12 aliphatic rings. The molecule has 40 heteroatoms. The number of aryl methyl sites for hydroxylation is 4. The van der Waals surface area contributed by atoms with Gasteiger partial charge in [-0.2, -0.15) is 139 Å². The van der Waals surface area contributed by atoms with E-state index >= 15 is 0 Å². The Hall–Kier alpha value is -8.35. The van der Waals surface area contributed by atoms with Gasteiger partial charge in [-0.25, -0.2) is 0 Å². The normalized spacial score (nSPS) is 15.7. The third-order valence-electron chi connectivity index (χ3n) is 22.4. The first kappa shape index (κ1) is 82.6. The second-order valence-corrected chi connectivity index (χ2v) is 38.3. The van der Waals surface area contributed by atoms with Crippen LogP contribution in [0.1, 0.15) is 22.8 Å². The molecule has 12 aliphatic heterocycles. The number of anilines is 4. The summed E-state index contributed by atoms with van der Waals surface area (Å²) >= 11 is 13.8. The predicted octanol–water partition coefficient (Wildman–Crippen LogP) is 6.05. The molecule has 0 atom stereocenters. The van der Waals surface area contributed by atoms with E-state index in [0.717, 1.165) is 152 Å². The van der Waals surface area contributed by atoms with Gasteiger partial charge in [-0.15, -0.1) is 94.1 Å². The molecular weight excluding hydrogens is 2430 g/mol. The summed E-state index contributed by atoms with van der Waals surface area (Å²) in [6, 6.07) is 38.6. The maximum Gasteiger partial charge on any atom is 0.199 e. The predicted molar refractivity (Wildman–Crippen MR) is 471 cm³/mol. The van der Waals surface area contributed by atoms with E-state index in [1.807, 2.05) is 231 Å². The molecular formula is C84H52B4N24Pt4S8-12. The Morgan fingerprint density at radius 3 is 0.710 bits per heavy atom. The van der Waals surface area contributed by atoms with Crippen molar-refractivity contribution < 1.29 is 84.3 Å². The Morgan fingerprint density at radius 2 is 0.508 bits per heavy atom. The number of pyridine rings is 8. The summed E-state index contributed by atoms with van der Waals surface area (Å²) in [7, 11) is 8.06. The van der Waals surface area contributed by atoms with Gasteiger partial charge in [-0.05, 0) is 215 Å². The first-order valence-electron chi connectivity index (χ1n) is 38.2. The fourth-order valence-electron chi connectivity index (χ4n) is 17.2. The fourth-order valence-corrected chi connectivity index (χ4v) is 27.3. The first-order valence-corrected chi connectivity index (χ1v) is 44.7. The van der Waals surface area contributed by atoms with Crippen molar-refractivity contribution in [1.29, 1.82) is 0 Å². The van der Waals surface area contributed by atoms with Crippen LogP contribution in [0.4, 0.5) is 22.7 Å². The number of hydrogen-bond acceptors (Lipinski definition) is 28. The summed E-state index contributed by atoms with van der Waals surface area (Å²) in [5, 5.41) is 26.0. The van der Waals surface area contributed by atoms with Gasteiger partial charge in [0.1, 0.15) is 0 Å². The number of aromatic nitrogens is 16. The molecule has 14 aromatic rings. The molecule has 12 aromatic heterocycles. The molecule has 0 saturated heterocycles. The summed E-state index contributed by atoms with van der Waals surface area (Å²) in [4.78, 5) is 67.2. The zero-order valence-electron chi connectivity index (χ0n) is 65.7. The largest absolute Gasteiger partial charge is 0.510 e. The van der Waals surface area contributed by atoms with Gasteiger partial charge in [0.05, 0.1) is 11.4 Å². The third kappa shape index (κ3) is 13.3. The van der Waals surface area contributed by atoms with Gasteiger partial charge in [0.25, 0.3) is 0 Å². The molecule has 0 saturated carbocycles. The Labute approximate surface area is 807 Å². The van der Waals surface area contributed by atoms with E-state index in [1.165, 1.54) is 61.0 Å². The molecule has 0 fully saturated rings. The van der Waals surface area contributed by atoms with Gasteiger partial charge in [0.2, 0.25) is 0 Å². The van der Waals surface area contributed by atoms with Crippen LogP contribution in [0, 0.1) is 103 Å². The van der Waals surface area contributed by atoms with Gasteiger partial charge >= 0.3 is 0 Å². The van der Waals surface area contributed by atoms with Crippen LogP contribution in [-0.4, -0.2) is 154 Å². The zero-order chi connectivity index (χ0) is 79.9. The number of benzene rings is 2. The van der Waals surface area contributed by atoms with Gasteiger partial charge in [-0.3, -0.25) is 18.7 Å². The van der Waals surface area contributed by atoms with Crippen LogP contribution in [-0.2, 0) is 84.3 Å². The Kier molecular flexibility index (Phi) is 21.2. The molecule has 124 heavy (non-hydrogen) atoms. The van der Waals surface area contributed by atoms with Crippen molar-refractivity contribution >= 4 is 209 Å². The topological polar surface area (TPSA) is 200 Å². The third-order valence-corrected chi connectivity index (χ3v) is 32.1. The maximum absolute atomic E-state index is 5.22. The van der Waals surface area contributed by atoms with Crippen LogP contribution in [0.3, 0.4) is 0 Å². The van der Waals surface area contributed by atoms with Crippen molar-refractivity contribution in [3.05, 3.63) is 246 Å². The summed E-state index contributed by atoms with van der Waals surface area (Å²) < 4.78 is 7.51. The van der Waals surface area contributed by atoms with Crippen molar-refractivity contribution in [3.63, 3.8) is 0 Å². The molecule has 0 N–H and O–H groups in total. The molecule has 0 amide bonds. The number of nitrogens with zero attached hydrogens (tertiary/aromatic N) is 24. The molecule has 24 heterocycles. The minimum Gasteiger partial charge on any atom is -0.510 e. The average molecular weight is 2480 g/mol. The summed E-state index contributed by atoms with van der Waals surface area (Å²) in [6.45, 7) is 15.3. The van der Waals surface area contributed by atoms with Crippen molar-refractivity contribution in [2.45, 2.75) is 107 Å². The summed E-state index contributed by atoms with van der Waals surface area (Å²) in [6.07, 6.45) is 38.8. The van der Waals surface area contributed by atoms with Crippen LogP contribution in [0.15, 0.2) is 228 Å². The molecule has 0 unspecified atom stereocenters. The second kappa shape index (κ2) is 31.8. The minimum atomic E-state index is -0.248. The Balaban J connectivity index is 0.000000148. The fraction of sp³-hybridized carbons (Fsp3) is 0.0952. The quantitative estimate of drug-likeness (QED) is 0.126. The maximum atomic E-state index is 5.22. The van der Waals surface area contributed by atoms with Crippen molar-refractivity contribution in [3.8, 4) is 22.7 Å². The van der Waals surface area contributed by atoms with E-state index in [4.69, 9.17) is 50.1 Å². The number of fused-ring (bicyclic) bond motifs is 20. The Bertz CT molecular complexity index is 6560. The molecule has 620 valence electrons. The molecule has 26 rings (SSSR count). The van der Waals surface area contributed by atoms with Crippen LogP contribution < -0.4 is 85.2 Å². The molecule has 2 aromatic carbocycles. The zero-order valence-corrected chi connectivity index (χ0v) is 81.4. The van der Waals surface area contributed by atoms with Crippen LogP contribution in [0.2, 0.25) is 0 Å². The summed E-state index contributed by atoms with van der Waals surface area (Å²) in [5.74, 6) is 0. The summed E-state index contributed by atoms with van der Waals surface area (Å²) in [5.41, 5.74) is 23.4. The number of hydrogen-bond donors (Lipinski definition) is 0. The van der Waals surface area contributed by atoms with E-state index in [1.54, 1.807) is 106 Å². The van der Waals surface area contributed by atoms with E-state index in [-0.39, 0.29) is 111 Å². The number of rotatable bonds is 8. The molecule has 0 spiro atoms. The first-order chi connectivity index (χ1) is 58.6. The van der Waals surface area contributed by atoms with Crippen LogP contribution >= 0.6 is 94.1 Å². The van der Waals surface area contributed by atoms with Gasteiger partial charge in [-0.1, -0.05) is 72.3 Å². The monoisotopic (exact) mass is 2480 g/mol. The van der Waals surface area contributed by atoms with Crippen LogP contribution in [0.5, 0.6) is 0 Å². The van der Waals surface area contributed by atoms with Crippen molar-refractivity contribution in [2.75, 3.05) is 47.8 Å².